The summed E-state index contributed by atoms with van der Waals surface area (Å²) in [5, 5.41) is 3.17. The molecule has 0 spiro atoms. The third kappa shape index (κ3) is 3.36. The fourth-order valence-electron chi connectivity index (χ4n) is 3.02. The number of piperidine rings is 1. The zero-order valence-corrected chi connectivity index (χ0v) is 12.4. The van der Waals surface area contributed by atoms with E-state index in [1.165, 1.54) is 18.4 Å². The first-order valence-corrected chi connectivity index (χ1v) is 7.46. The molecule has 0 aliphatic carbocycles. The summed E-state index contributed by atoms with van der Waals surface area (Å²) in [5.74, 6) is 1.48. The highest BCUT2D eigenvalue weighted by Gasteiger charge is 2.22. The van der Waals surface area contributed by atoms with Gasteiger partial charge in [-0.15, -0.1) is 0 Å². The average molecular weight is 283 g/mol. The molecule has 1 fully saturated rings. The van der Waals surface area contributed by atoms with E-state index in [1.807, 2.05) is 31.6 Å². The summed E-state index contributed by atoms with van der Waals surface area (Å²) in [6.45, 7) is 3.13. The summed E-state index contributed by atoms with van der Waals surface area (Å²) >= 11 is 0. The smallest absolute Gasteiger partial charge is 0.130 e. The van der Waals surface area contributed by atoms with Crippen LogP contribution in [0.15, 0.2) is 36.9 Å². The van der Waals surface area contributed by atoms with E-state index < -0.39 is 0 Å². The van der Waals surface area contributed by atoms with E-state index in [4.69, 9.17) is 0 Å². The Kier molecular flexibility index (Phi) is 4.40. The third-order valence-electron chi connectivity index (χ3n) is 4.05. The molecule has 5 heteroatoms. The van der Waals surface area contributed by atoms with Gasteiger partial charge in [-0.05, 0) is 31.5 Å². The van der Waals surface area contributed by atoms with Crippen molar-refractivity contribution < 1.29 is 0 Å². The number of nitrogens with zero attached hydrogens (tertiary/aromatic N) is 4. The Labute approximate surface area is 125 Å². The second kappa shape index (κ2) is 6.63. The van der Waals surface area contributed by atoms with Crippen molar-refractivity contribution in [2.75, 3.05) is 25.5 Å². The normalized spacial score (nSPS) is 19.4. The minimum absolute atomic E-state index is 0.511. The lowest BCUT2D eigenvalue weighted by Gasteiger charge is -2.32. The van der Waals surface area contributed by atoms with E-state index in [0.717, 1.165) is 31.1 Å². The van der Waals surface area contributed by atoms with Crippen LogP contribution in [0.3, 0.4) is 0 Å². The van der Waals surface area contributed by atoms with Crippen molar-refractivity contribution in [3.05, 3.63) is 48.2 Å². The Balaban J connectivity index is 1.69. The molecule has 1 unspecified atom stereocenters. The minimum atomic E-state index is 0.511. The molecule has 0 amide bonds. The number of hydrogen-bond acceptors (Lipinski definition) is 5. The number of pyridine rings is 1. The summed E-state index contributed by atoms with van der Waals surface area (Å²) in [6.07, 6.45) is 7.73. The fourth-order valence-corrected chi connectivity index (χ4v) is 3.02. The molecule has 0 bridgehead atoms. The Hall–Kier alpha value is -2.01. The third-order valence-corrected chi connectivity index (χ3v) is 4.05. The van der Waals surface area contributed by atoms with Gasteiger partial charge in [0.05, 0.1) is 0 Å². The van der Waals surface area contributed by atoms with Crippen LogP contribution < -0.4 is 5.32 Å². The molecule has 2 aromatic rings. The Morgan fingerprint density at radius 3 is 3.05 bits per heavy atom. The first-order valence-electron chi connectivity index (χ1n) is 7.46. The molecule has 5 nitrogen and oxygen atoms in total. The summed E-state index contributed by atoms with van der Waals surface area (Å²) in [6, 6.07) is 6.19. The quantitative estimate of drug-likeness (QED) is 0.933. The molecular weight excluding hydrogens is 262 g/mol. The van der Waals surface area contributed by atoms with E-state index in [9.17, 15) is 0 Å². The first kappa shape index (κ1) is 13.9. The number of anilines is 1. The van der Waals surface area contributed by atoms with Crippen LogP contribution in [0.25, 0.3) is 0 Å². The molecule has 110 valence electrons. The molecule has 0 saturated carbocycles. The van der Waals surface area contributed by atoms with Crippen molar-refractivity contribution in [1.29, 1.82) is 0 Å². The lowest BCUT2D eigenvalue weighted by molar-refractivity contribution is 0.198. The van der Waals surface area contributed by atoms with E-state index in [-0.39, 0.29) is 0 Å². The molecule has 1 atom stereocenters. The summed E-state index contributed by atoms with van der Waals surface area (Å²) in [5.41, 5.74) is 2.41. The van der Waals surface area contributed by atoms with Gasteiger partial charge in [0.2, 0.25) is 0 Å². The maximum atomic E-state index is 4.42. The summed E-state index contributed by atoms with van der Waals surface area (Å²) in [4.78, 5) is 15.3. The van der Waals surface area contributed by atoms with Gasteiger partial charge in [0.25, 0.3) is 0 Å². The monoisotopic (exact) mass is 283 g/mol. The largest absolute Gasteiger partial charge is 0.373 e. The molecule has 21 heavy (non-hydrogen) atoms. The van der Waals surface area contributed by atoms with Crippen LogP contribution in [-0.4, -0.2) is 40.0 Å². The minimum Gasteiger partial charge on any atom is -0.373 e. The van der Waals surface area contributed by atoms with Crippen LogP contribution >= 0.6 is 0 Å². The molecule has 1 aliphatic rings. The second-order valence-electron chi connectivity index (χ2n) is 5.47. The molecule has 0 radical (unpaired) electrons. The van der Waals surface area contributed by atoms with E-state index in [2.05, 4.69) is 31.2 Å². The van der Waals surface area contributed by atoms with Crippen molar-refractivity contribution in [3.63, 3.8) is 0 Å². The van der Waals surface area contributed by atoms with Crippen LogP contribution in [-0.2, 0) is 6.54 Å². The van der Waals surface area contributed by atoms with Crippen LogP contribution in [0.1, 0.15) is 30.0 Å². The van der Waals surface area contributed by atoms with Gasteiger partial charge in [-0.25, -0.2) is 15.0 Å². The van der Waals surface area contributed by atoms with Crippen molar-refractivity contribution in [2.45, 2.75) is 25.3 Å². The lowest BCUT2D eigenvalue weighted by Crippen LogP contribution is -2.34. The highest BCUT2D eigenvalue weighted by atomic mass is 15.1. The molecule has 0 aromatic carbocycles. The highest BCUT2D eigenvalue weighted by molar-refractivity contribution is 5.42. The van der Waals surface area contributed by atoms with Crippen LogP contribution in [0, 0.1) is 0 Å². The average Bonchev–Trinajstić information content (AvgIpc) is 2.56. The molecule has 3 rings (SSSR count). The zero-order valence-electron chi connectivity index (χ0n) is 12.4. The van der Waals surface area contributed by atoms with E-state index in [0.29, 0.717) is 5.92 Å². The van der Waals surface area contributed by atoms with Gasteiger partial charge in [0, 0.05) is 49.7 Å². The number of rotatable bonds is 4. The predicted molar refractivity (Wildman–Crippen MR) is 83.1 cm³/mol. The molecular formula is C16H21N5. The fraction of sp³-hybridized carbons (Fsp3) is 0.438. The van der Waals surface area contributed by atoms with Crippen molar-refractivity contribution in [3.8, 4) is 0 Å². The predicted octanol–water partition coefficient (Wildman–Crippen LogP) is 2.29. The maximum absolute atomic E-state index is 4.42. The van der Waals surface area contributed by atoms with E-state index in [1.54, 1.807) is 6.33 Å². The van der Waals surface area contributed by atoms with Gasteiger partial charge >= 0.3 is 0 Å². The second-order valence-corrected chi connectivity index (χ2v) is 5.47. The lowest BCUT2D eigenvalue weighted by atomic mass is 9.94. The SMILES string of the molecule is CNc1ncccc1CN1CCCC(c2ccncn2)C1. The van der Waals surface area contributed by atoms with Crippen molar-refractivity contribution >= 4 is 5.82 Å². The number of hydrogen-bond donors (Lipinski definition) is 1. The number of nitrogens with one attached hydrogen (secondary N) is 1. The summed E-state index contributed by atoms with van der Waals surface area (Å²) < 4.78 is 0. The number of aromatic nitrogens is 3. The van der Waals surface area contributed by atoms with Gasteiger partial charge in [-0.1, -0.05) is 6.07 Å². The van der Waals surface area contributed by atoms with Gasteiger partial charge in [-0.2, -0.15) is 0 Å². The Morgan fingerprint density at radius 1 is 1.29 bits per heavy atom. The van der Waals surface area contributed by atoms with Crippen LogP contribution in [0.4, 0.5) is 5.82 Å². The number of likely N-dealkylation sites (tertiary alicyclic amines) is 1. The van der Waals surface area contributed by atoms with Gasteiger partial charge in [0.15, 0.2) is 0 Å². The van der Waals surface area contributed by atoms with Gasteiger partial charge in [0.1, 0.15) is 12.1 Å². The van der Waals surface area contributed by atoms with Crippen LogP contribution in [0.5, 0.6) is 0 Å². The molecule has 1 saturated heterocycles. The van der Waals surface area contributed by atoms with Crippen LogP contribution in [0.2, 0.25) is 0 Å². The highest BCUT2D eigenvalue weighted by Crippen LogP contribution is 2.26. The topological polar surface area (TPSA) is 53.9 Å². The van der Waals surface area contributed by atoms with Gasteiger partial charge < -0.3 is 5.32 Å². The van der Waals surface area contributed by atoms with Crippen molar-refractivity contribution in [2.24, 2.45) is 0 Å². The van der Waals surface area contributed by atoms with Crippen molar-refractivity contribution in [1.82, 2.24) is 19.9 Å². The molecule has 3 heterocycles. The first-order chi connectivity index (χ1) is 10.4. The Morgan fingerprint density at radius 2 is 2.24 bits per heavy atom. The molecule has 1 N–H and O–H groups in total. The van der Waals surface area contributed by atoms with Gasteiger partial charge in [-0.3, -0.25) is 4.90 Å². The maximum Gasteiger partial charge on any atom is 0.130 e. The molecule has 2 aromatic heterocycles. The molecule has 1 aliphatic heterocycles. The standard InChI is InChI=1S/C16H21N5/c1-17-16-14(4-2-7-19-16)11-21-9-3-5-13(10-21)15-6-8-18-12-20-15/h2,4,6-8,12-13H,3,5,9-11H2,1H3,(H,17,19). The zero-order chi connectivity index (χ0) is 14.5. The summed E-state index contributed by atoms with van der Waals surface area (Å²) in [7, 11) is 1.92. The van der Waals surface area contributed by atoms with E-state index >= 15 is 0 Å². The Bertz CT molecular complexity index is 572.